The first kappa shape index (κ1) is 20.2. The minimum atomic E-state index is -5.03. The average Bonchev–Trinajstić information content (AvgIpc) is 2.85. The summed E-state index contributed by atoms with van der Waals surface area (Å²) in [5, 5.41) is 8.64. The van der Waals surface area contributed by atoms with Crippen molar-refractivity contribution in [3.8, 4) is 0 Å². The van der Waals surface area contributed by atoms with Crippen molar-refractivity contribution >= 4 is 21.8 Å². The predicted octanol–water partition coefficient (Wildman–Crippen LogP) is 1.22. The molecule has 1 aromatic carbocycles. The normalized spacial score (nSPS) is 21.2. The molecule has 0 fully saturated rings. The average molecular weight is 395 g/mol. The van der Waals surface area contributed by atoms with Crippen LogP contribution in [0.1, 0.15) is 28.8 Å². The maximum absolute atomic E-state index is 13.7. The summed E-state index contributed by atoms with van der Waals surface area (Å²) in [4.78, 5) is 22.4. The lowest BCUT2D eigenvalue weighted by molar-refractivity contribution is -0.261. The molecule has 3 N–H and O–H groups in total. The maximum atomic E-state index is 13.7. The molecule has 2 atom stereocenters. The van der Waals surface area contributed by atoms with Crippen molar-refractivity contribution in [2.45, 2.75) is 30.7 Å². The summed E-state index contributed by atoms with van der Waals surface area (Å²) in [7, 11) is -4.05. The molecule has 144 valence electrons. The predicted molar refractivity (Wildman–Crippen MR) is 83.1 cm³/mol. The van der Waals surface area contributed by atoms with Gasteiger partial charge in [-0.15, -0.1) is 0 Å². The van der Waals surface area contributed by atoms with Gasteiger partial charge in [0, 0.05) is 12.0 Å². The molecule has 0 spiro atoms. The molecule has 0 aliphatic carbocycles. The number of fused-ring (bicyclic) bond motifs is 1. The second kappa shape index (κ2) is 6.88. The van der Waals surface area contributed by atoms with Gasteiger partial charge in [-0.25, -0.2) is 13.2 Å². The number of sulfone groups is 1. The number of esters is 1. The van der Waals surface area contributed by atoms with Crippen LogP contribution < -0.4 is 5.73 Å². The SMILES string of the molecule is N[C@@H](CCS(=O)(=O)CCC1(C(F)(F)F)OC(=O)c2ccccc21)C(=O)O. The van der Waals surface area contributed by atoms with E-state index < -0.39 is 69.5 Å². The number of nitrogens with two attached hydrogens (primary N) is 1. The Morgan fingerprint density at radius 2 is 1.88 bits per heavy atom. The Labute approximate surface area is 146 Å². The fourth-order valence-electron chi connectivity index (χ4n) is 2.65. The van der Waals surface area contributed by atoms with Gasteiger partial charge in [-0.1, -0.05) is 18.2 Å². The van der Waals surface area contributed by atoms with E-state index in [0.29, 0.717) is 0 Å². The van der Waals surface area contributed by atoms with Gasteiger partial charge < -0.3 is 15.6 Å². The van der Waals surface area contributed by atoms with Crippen LogP contribution in [-0.4, -0.2) is 49.2 Å². The lowest BCUT2D eigenvalue weighted by Gasteiger charge is -2.31. The molecule has 1 heterocycles. The molecule has 2 rings (SSSR count). The Hall–Kier alpha value is -2.14. The topological polar surface area (TPSA) is 124 Å². The number of halogens is 3. The fourth-order valence-corrected chi connectivity index (χ4v) is 4.07. The van der Waals surface area contributed by atoms with E-state index in [-0.39, 0.29) is 5.56 Å². The van der Waals surface area contributed by atoms with Gasteiger partial charge in [-0.3, -0.25) is 4.79 Å². The zero-order valence-electron chi connectivity index (χ0n) is 13.3. The molecule has 1 unspecified atom stereocenters. The maximum Gasteiger partial charge on any atom is 0.432 e. The molecule has 0 radical (unpaired) electrons. The highest BCUT2D eigenvalue weighted by atomic mass is 32.2. The number of carboxylic acid groups (broad SMARTS) is 1. The third-order valence-electron chi connectivity index (χ3n) is 4.13. The van der Waals surface area contributed by atoms with Crippen molar-refractivity contribution in [2.75, 3.05) is 11.5 Å². The Bertz CT molecular complexity index is 823. The van der Waals surface area contributed by atoms with E-state index in [4.69, 9.17) is 10.8 Å². The molecule has 0 amide bonds. The molecule has 1 aliphatic heterocycles. The molecular weight excluding hydrogens is 379 g/mol. The highest BCUT2D eigenvalue weighted by Gasteiger charge is 2.63. The minimum absolute atomic E-state index is 0.268. The quantitative estimate of drug-likeness (QED) is 0.665. The first-order chi connectivity index (χ1) is 11.9. The minimum Gasteiger partial charge on any atom is -0.480 e. The summed E-state index contributed by atoms with van der Waals surface area (Å²) >= 11 is 0. The molecule has 0 bridgehead atoms. The van der Waals surface area contributed by atoms with Crippen LogP contribution in [0.4, 0.5) is 13.2 Å². The van der Waals surface area contributed by atoms with Crippen LogP contribution >= 0.6 is 0 Å². The molecular formula is C15H16F3NO6S. The van der Waals surface area contributed by atoms with Gasteiger partial charge in [-0.05, 0) is 12.5 Å². The number of carbonyl (C=O) groups excluding carboxylic acids is 1. The monoisotopic (exact) mass is 395 g/mol. The summed E-state index contributed by atoms with van der Waals surface area (Å²) in [6, 6.07) is 3.47. The van der Waals surface area contributed by atoms with Crippen molar-refractivity contribution in [3.05, 3.63) is 35.4 Å². The Kier molecular flexibility index (Phi) is 5.34. The van der Waals surface area contributed by atoms with Crippen LogP contribution in [-0.2, 0) is 25.0 Å². The summed E-state index contributed by atoms with van der Waals surface area (Å²) in [6.45, 7) is 0. The Morgan fingerprint density at radius 1 is 1.27 bits per heavy atom. The number of hydrogen-bond donors (Lipinski definition) is 2. The van der Waals surface area contributed by atoms with E-state index in [1.165, 1.54) is 18.2 Å². The number of hydrogen-bond acceptors (Lipinski definition) is 6. The number of carbonyl (C=O) groups is 2. The fraction of sp³-hybridized carbons (Fsp3) is 0.467. The summed E-state index contributed by atoms with van der Waals surface area (Å²) < 4.78 is 69.7. The van der Waals surface area contributed by atoms with Gasteiger partial charge in [-0.2, -0.15) is 13.2 Å². The van der Waals surface area contributed by atoms with Gasteiger partial charge in [0.15, 0.2) is 9.84 Å². The molecule has 11 heteroatoms. The Balaban J connectivity index is 2.24. The van der Waals surface area contributed by atoms with Crippen LogP contribution in [0.3, 0.4) is 0 Å². The number of benzene rings is 1. The number of rotatable bonds is 7. The number of cyclic esters (lactones) is 1. The van der Waals surface area contributed by atoms with E-state index in [1.807, 2.05) is 0 Å². The van der Waals surface area contributed by atoms with Crippen LogP contribution in [0.25, 0.3) is 0 Å². The number of carboxylic acids is 1. The third kappa shape index (κ3) is 3.83. The third-order valence-corrected chi connectivity index (χ3v) is 5.81. The van der Waals surface area contributed by atoms with Gasteiger partial charge in [0.2, 0.25) is 5.60 Å². The number of aliphatic carboxylic acids is 1. The van der Waals surface area contributed by atoms with Gasteiger partial charge in [0.1, 0.15) is 6.04 Å². The highest BCUT2D eigenvalue weighted by molar-refractivity contribution is 7.91. The molecule has 0 saturated carbocycles. The standard InChI is InChI=1S/C15H16F3NO6S/c16-15(17,18)14(10-4-2-1-3-9(10)13(22)25-14)6-8-26(23,24)7-5-11(19)12(20)21/h1-4,11H,5-8,19H2,(H,20,21)/t11-,14?/m0/s1. The largest absolute Gasteiger partial charge is 0.480 e. The van der Waals surface area contributed by atoms with Gasteiger partial charge >= 0.3 is 18.1 Å². The molecule has 7 nitrogen and oxygen atoms in total. The second-order valence-electron chi connectivity index (χ2n) is 5.90. The number of alkyl halides is 3. The summed E-state index contributed by atoms with van der Waals surface area (Å²) in [6.07, 6.45) is -6.49. The van der Waals surface area contributed by atoms with E-state index in [0.717, 1.165) is 6.07 Å². The second-order valence-corrected chi connectivity index (χ2v) is 8.20. The van der Waals surface area contributed by atoms with E-state index in [1.54, 1.807) is 0 Å². The lowest BCUT2D eigenvalue weighted by atomic mass is 9.89. The zero-order valence-corrected chi connectivity index (χ0v) is 14.1. The first-order valence-corrected chi connectivity index (χ1v) is 9.30. The summed E-state index contributed by atoms with van der Waals surface area (Å²) in [5.74, 6) is -4.22. The van der Waals surface area contributed by atoms with Crippen LogP contribution in [0.15, 0.2) is 24.3 Å². The van der Waals surface area contributed by atoms with Gasteiger partial charge in [0.05, 0.1) is 17.1 Å². The number of ether oxygens (including phenoxy) is 1. The van der Waals surface area contributed by atoms with E-state index >= 15 is 0 Å². The van der Waals surface area contributed by atoms with Crippen LogP contribution in [0, 0.1) is 0 Å². The van der Waals surface area contributed by atoms with Crippen LogP contribution in [0.2, 0.25) is 0 Å². The van der Waals surface area contributed by atoms with Crippen molar-refractivity contribution < 1.29 is 41.0 Å². The van der Waals surface area contributed by atoms with E-state index in [9.17, 15) is 31.2 Å². The van der Waals surface area contributed by atoms with Crippen molar-refractivity contribution in [2.24, 2.45) is 5.73 Å². The van der Waals surface area contributed by atoms with Gasteiger partial charge in [0.25, 0.3) is 0 Å². The van der Waals surface area contributed by atoms with Crippen LogP contribution in [0.5, 0.6) is 0 Å². The van der Waals surface area contributed by atoms with Crippen molar-refractivity contribution in [3.63, 3.8) is 0 Å². The Morgan fingerprint density at radius 3 is 2.46 bits per heavy atom. The molecule has 26 heavy (non-hydrogen) atoms. The van der Waals surface area contributed by atoms with E-state index in [2.05, 4.69) is 4.74 Å². The highest BCUT2D eigenvalue weighted by Crippen LogP contribution is 2.50. The molecule has 1 aliphatic rings. The smallest absolute Gasteiger partial charge is 0.432 e. The molecule has 1 aromatic rings. The summed E-state index contributed by atoms with van der Waals surface area (Å²) in [5.41, 5.74) is 1.45. The van der Waals surface area contributed by atoms with Crippen molar-refractivity contribution in [1.82, 2.24) is 0 Å². The first-order valence-electron chi connectivity index (χ1n) is 7.48. The van der Waals surface area contributed by atoms with Crippen molar-refractivity contribution in [1.29, 1.82) is 0 Å². The molecule has 0 aromatic heterocycles. The zero-order chi connectivity index (χ0) is 19.8. The lowest BCUT2D eigenvalue weighted by Crippen LogP contribution is -2.44. The molecule has 0 saturated heterocycles.